The van der Waals surface area contributed by atoms with Crippen molar-refractivity contribution in [3.8, 4) is 0 Å². The van der Waals surface area contributed by atoms with Gasteiger partial charge in [0.1, 0.15) is 5.78 Å². The highest BCUT2D eigenvalue weighted by molar-refractivity contribution is 14.1. The number of rotatable bonds is 4. The van der Waals surface area contributed by atoms with E-state index < -0.39 is 0 Å². The molecule has 0 heterocycles. The maximum atomic E-state index is 10.8. The van der Waals surface area contributed by atoms with Gasteiger partial charge in [-0.2, -0.15) is 0 Å². The number of hydrogen-bond donors (Lipinski definition) is 1. The zero-order valence-electron chi connectivity index (χ0n) is 5.56. The molecule has 0 aliphatic heterocycles. The van der Waals surface area contributed by atoms with Crippen molar-refractivity contribution in [3.63, 3.8) is 0 Å². The van der Waals surface area contributed by atoms with Crippen molar-refractivity contribution in [2.45, 2.75) is 23.7 Å². The predicted octanol–water partition coefficient (Wildman–Crippen LogP) is 1.12. The summed E-state index contributed by atoms with van der Waals surface area (Å²) in [5.74, 6) is 0.307. The lowest BCUT2D eigenvalue weighted by molar-refractivity contribution is -0.118. The monoisotopic (exact) mass is 241 g/mol. The molecule has 0 aliphatic carbocycles. The van der Waals surface area contributed by atoms with Gasteiger partial charge in [0.05, 0.1) is 3.92 Å². The number of Topliss-reactive ketones (excluding diaryl/α,β-unsaturated/α-hetero) is 1. The van der Waals surface area contributed by atoms with Gasteiger partial charge in [0.2, 0.25) is 0 Å². The van der Waals surface area contributed by atoms with Crippen LogP contribution in [0, 0.1) is 0 Å². The maximum absolute atomic E-state index is 10.8. The summed E-state index contributed by atoms with van der Waals surface area (Å²) in [5, 5.41) is 0. The standard InChI is InChI=1S/C6H12INO/c1-5(7)6(9)3-2-4-8/h5H,2-4,8H2,1H3. The molecule has 0 spiro atoms. The van der Waals surface area contributed by atoms with Gasteiger partial charge in [0.25, 0.3) is 0 Å². The molecule has 0 aromatic carbocycles. The summed E-state index contributed by atoms with van der Waals surface area (Å²) in [7, 11) is 0. The lowest BCUT2D eigenvalue weighted by Gasteiger charge is -1.99. The molecule has 0 amide bonds. The first kappa shape index (κ1) is 9.36. The van der Waals surface area contributed by atoms with Crippen LogP contribution in [0.4, 0.5) is 0 Å². The molecule has 0 aromatic rings. The van der Waals surface area contributed by atoms with Gasteiger partial charge < -0.3 is 5.73 Å². The minimum absolute atomic E-state index is 0.147. The summed E-state index contributed by atoms with van der Waals surface area (Å²) < 4.78 is 0.147. The Labute approximate surface area is 69.3 Å². The Morgan fingerprint density at radius 2 is 2.33 bits per heavy atom. The highest BCUT2D eigenvalue weighted by Gasteiger charge is 2.06. The Balaban J connectivity index is 3.28. The van der Waals surface area contributed by atoms with Gasteiger partial charge in [-0.05, 0) is 19.9 Å². The van der Waals surface area contributed by atoms with E-state index in [0.29, 0.717) is 18.7 Å². The van der Waals surface area contributed by atoms with Crippen molar-refractivity contribution in [3.05, 3.63) is 0 Å². The SMILES string of the molecule is CC(I)C(=O)CCCN. The van der Waals surface area contributed by atoms with Crippen LogP contribution in [0.3, 0.4) is 0 Å². The van der Waals surface area contributed by atoms with Crippen LogP contribution in [-0.2, 0) is 4.79 Å². The van der Waals surface area contributed by atoms with Crippen LogP contribution in [0.1, 0.15) is 19.8 Å². The van der Waals surface area contributed by atoms with E-state index in [1.807, 2.05) is 6.92 Å². The molecule has 0 saturated heterocycles. The molecule has 0 radical (unpaired) electrons. The molecule has 54 valence electrons. The lowest BCUT2D eigenvalue weighted by Crippen LogP contribution is -2.11. The summed E-state index contributed by atoms with van der Waals surface area (Å²) in [4.78, 5) is 10.8. The van der Waals surface area contributed by atoms with E-state index in [4.69, 9.17) is 5.73 Å². The van der Waals surface area contributed by atoms with Gasteiger partial charge in [0.15, 0.2) is 0 Å². The van der Waals surface area contributed by atoms with Crippen LogP contribution in [-0.4, -0.2) is 16.3 Å². The van der Waals surface area contributed by atoms with Crippen LogP contribution >= 0.6 is 22.6 Å². The van der Waals surface area contributed by atoms with E-state index in [1.165, 1.54) is 0 Å². The van der Waals surface area contributed by atoms with Gasteiger partial charge in [-0.1, -0.05) is 22.6 Å². The largest absolute Gasteiger partial charge is 0.330 e. The second-order valence-corrected chi connectivity index (χ2v) is 3.84. The van der Waals surface area contributed by atoms with Gasteiger partial charge >= 0.3 is 0 Å². The van der Waals surface area contributed by atoms with Gasteiger partial charge in [-0.25, -0.2) is 0 Å². The fourth-order valence-corrected chi connectivity index (χ4v) is 0.787. The van der Waals surface area contributed by atoms with Crippen LogP contribution in [0.15, 0.2) is 0 Å². The summed E-state index contributed by atoms with van der Waals surface area (Å²) in [5.41, 5.74) is 5.22. The van der Waals surface area contributed by atoms with Crippen LogP contribution in [0.5, 0.6) is 0 Å². The van der Waals surface area contributed by atoms with Gasteiger partial charge in [-0.3, -0.25) is 4.79 Å². The molecule has 9 heavy (non-hydrogen) atoms. The minimum atomic E-state index is 0.147. The molecule has 0 aliphatic rings. The molecule has 0 aromatic heterocycles. The normalized spacial score (nSPS) is 13.2. The second-order valence-electron chi connectivity index (χ2n) is 1.97. The van der Waals surface area contributed by atoms with Gasteiger partial charge in [-0.15, -0.1) is 0 Å². The first-order chi connectivity index (χ1) is 4.18. The second kappa shape index (κ2) is 5.17. The van der Waals surface area contributed by atoms with E-state index in [1.54, 1.807) is 0 Å². The zero-order chi connectivity index (χ0) is 7.28. The average molecular weight is 241 g/mol. The zero-order valence-corrected chi connectivity index (χ0v) is 7.72. The summed E-state index contributed by atoms with van der Waals surface area (Å²) in [6.07, 6.45) is 1.47. The van der Waals surface area contributed by atoms with Crippen molar-refractivity contribution in [2.24, 2.45) is 5.73 Å². The quantitative estimate of drug-likeness (QED) is 0.592. The molecular formula is C6H12INO. The topological polar surface area (TPSA) is 43.1 Å². The number of ketones is 1. The van der Waals surface area contributed by atoms with E-state index in [9.17, 15) is 4.79 Å². The molecule has 2 nitrogen and oxygen atoms in total. The number of alkyl halides is 1. The third kappa shape index (κ3) is 4.84. The van der Waals surface area contributed by atoms with E-state index >= 15 is 0 Å². The smallest absolute Gasteiger partial charge is 0.145 e. The highest BCUT2D eigenvalue weighted by atomic mass is 127. The molecule has 1 atom stereocenters. The Hall–Kier alpha value is 0.360. The Kier molecular flexibility index (Phi) is 5.38. The lowest BCUT2D eigenvalue weighted by atomic mass is 10.2. The van der Waals surface area contributed by atoms with Crippen LogP contribution < -0.4 is 5.73 Å². The summed E-state index contributed by atoms with van der Waals surface area (Å²) >= 11 is 2.12. The first-order valence-corrected chi connectivity index (χ1v) is 4.30. The molecule has 2 N–H and O–H groups in total. The third-order valence-electron chi connectivity index (χ3n) is 1.07. The van der Waals surface area contributed by atoms with Crippen molar-refractivity contribution < 1.29 is 4.79 Å². The van der Waals surface area contributed by atoms with E-state index in [2.05, 4.69) is 22.6 Å². The predicted molar refractivity (Wildman–Crippen MR) is 46.8 cm³/mol. The summed E-state index contributed by atoms with van der Waals surface area (Å²) in [6.45, 7) is 2.52. The van der Waals surface area contributed by atoms with Crippen molar-refractivity contribution >= 4 is 28.4 Å². The number of carbonyl (C=O) groups is 1. The highest BCUT2D eigenvalue weighted by Crippen LogP contribution is 2.03. The molecule has 0 bridgehead atoms. The minimum Gasteiger partial charge on any atom is -0.330 e. The van der Waals surface area contributed by atoms with Crippen LogP contribution in [0.2, 0.25) is 0 Å². The Morgan fingerprint density at radius 1 is 1.78 bits per heavy atom. The molecule has 3 heteroatoms. The molecule has 0 saturated carbocycles. The van der Waals surface area contributed by atoms with Crippen molar-refractivity contribution in [2.75, 3.05) is 6.54 Å². The average Bonchev–Trinajstić information content (AvgIpc) is 1.82. The fourth-order valence-electron chi connectivity index (χ4n) is 0.475. The van der Waals surface area contributed by atoms with E-state index in [0.717, 1.165) is 6.42 Å². The Morgan fingerprint density at radius 3 is 2.67 bits per heavy atom. The van der Waals surface area contributed by atoms with Crippen molar-refractivity contribution in [1.82, 2.24) is 0 Å². The number of hydrogen-bond acceptors (Lipinski definition) is 2. The maximum Gasteiger partial charge on any atom is 0.145 e. The number of halogens is 1. The Bertz CT molecular complexity index is 93.1. The van der Waals surface area contributed by atoms with Crippen molar-refractivity contribution in [1.29, 1.82) is 0 Å². The summed E-state index contributed by atoms with van der Waals surface area (Å²) in [6, 6.07) is 0. The van der Waals surface area contributed by atoms with Gasteiger partial charge in [0, 0.05) is 6.42 Å². The molecule has 0 fully saturated rings. The number of carbonyl (C=O) groups excluding carboxylic acids is 1. The molecular weight excluding hydrogens is 229 g/mol. The fraction of sp³-hybridized carbons (Fsp3) is 0.833. The number of nitrogens with two attached hydrogens (primary N) is 1. The molecule has 0 rings (SSSR count). The first-order valence-electron chi connectivity index (χ1n) is 3.05. The van der Waals surface area contributed by atoms with Crippen LogP contribution in [0.25, 0.3) is 0 Å². The molecule has 1 unspecified atom stereocenters. The third-order valence-corrected chi connectivity index (χ3v) is 1.77. The van der Waals surface area contributed by atoms with E-state index in [-0.39, 0.29) is 3.92 Å².